The molecule has 0 fully saturated rings. The molecule has 0 unspecified atom stereocenters. The van der Waals surface area contributed by atoms with Gasteiger partial charge in [-0.25, -0.2) is 0 Å². The summed E-state index contributed by atoms with van der Waals surface area (Å²) >= 11 is 5.91. The number of carboxylic acids is 1. The molecule has 0 spiro atoms. The van der Waals surface area contributed by atoms with Crippen LogP contribution in [-0.4, -0.2) is 11.1 Å². The molecule has 2 nitrogen and oxygen atoms in total. The van der Waals surface area contributed by atoms with Gasteiger partial charge >= 0.3 is 5.97 Å². The Labute approximate surface area is 101 Å². The summed E-state index contributed by atoms with van der Waals surface area (Å²) in [5, 5.41) is 9.34. The Balaban J connectivity index is 2.92. The number of halogens is 1. The largest absolute Gasteiger partial charge is 0.481 e. The SMILES string of the molecule is CCC/C(=C\CC(=O)O)c1cccc(Cl)c1. The number of carbonyl (C=O) groups is 1. The Morgan fingerprint density at radius 1 is 1.50 bits per heavy atom. The smallest absolute Gasteiger partial charge is 0.307 e. The van der Waals surface area contributed by atoms with Gasteiger partial charge < -0.3 is 5.11 Å². The third kappa shape index (κ3) is 4.07. The first-order chi connectivity index (χ1) is 7.63. The van der Waals surface area contributed by atoms with E-state index in [2.05, 4.69) is 6.92 Å². The maximum absolute atomic E-state index is 10.5. The van der Waals surface area contributed by atoms with E-state index >= 15 is 0 Å². The van der Waals surface area contributed by atoms with Crippen molar-refractivity contribution < 1.29 is 9.90 Å². The van der Waals surface area contributed by atoms with E-state index in [1.165, 1.54) is 0 Å². The highest BCUT2D eigenvalue weighted by Gasteiger charge is 2.02. The lowest BCUT2D eigenvalue weighted by molar-refractivity contribution is -0.135. The molecule has 0 bridgehead atoms. The summed E-state index contributed by atoms with van der Waals surface area (Å²) in [7, 11) is 0. The molecule has 16 heavy (non-hydrogen) atoms. The zero-order valence-electron chi connectivity index (χ0n) is 9.24. The molecule has 3 heteroatoms. The van der Waals surface area contributed by atoms with Crippen molar-refractivity contribution in [3.8, 4) is 0 Å². The van der Waals surface area contributed by atoms with E-state index in [1.807, 2.05) is 24.3 Å². The summed E-state index contributed by atoms with van der Waals surface area (Å²) in [6.45, 7) is 2.07. The Hall–Kier alpha value is -1.28. The average Bonchev–Trinajstić information content (AvgIpc) is 2.24. The fourth-order valence-electron chi connectivity index (χ4n) is 1.53. The summed E-state index contributed by atoms with van der Waals surface area (Å²) in [6, 6.07) is 7.51. The predicted octanol–water partition coefficient (Wildman–Crippen LogP) is 4.00. The van der Waals surface area contributed by atoms with Gasteiger partial charge in [-0.2, -0.15) is 0 Å². The molecule has 1 rings (SSSR count). The lowest BCUT2D eigenvalue weighted by Gasteiger charge is -2.06. The maximum atomic E-state index is 10.5. The van der Waals surface area contributed by atoms with Crippen molar-refractivity contribution in [1.82, 2.24) is 0 Å². The number of benzene rings is 1. The van der Waals surface area contributed by atoms with Crippen LogP contribution in [0.15, 0.2) is 30.3 Å². The third-order valence-corrected chi connectivity index (χ3v) is 2.47. The van der Waals surface area contributed by atoms with Crippen LogP contribution in [0.5, 0.6) is 0 Å². The van der Waals surface area contributed by atoms with Crippen LogP contribution < -0.4 is 0 Å². The third-order valence-electron chi connectivity index (χ3n) is 2.24. The molecule has 0 saturated heterocycles. The highest BCUT2D eigenvalue weighted by molar-refractivity contribution is 6.30. The van der Waals surface area contributed by atoms with Gasteiger partial charge in [0.1, 0.15) is 0 Å². The van der Waals surface area contributed by atoms with Gasteiger partial charge in [-0.15, -0.1) is 0 Å². The van der Waals surface area contributed by atoms with E-state index in [9.17, 15) is 4.79 Å². The van der Waals surface area contributed by atoms with Crippen molar-refractivity contribution in [2.24, 2.45) is 0 Å². The minimum absolute atomic E-state index is 0.0574. The Morgan fingerprint density at radius 2 is 2.25 bits per heavy atom. The minimum Gasteiger partial charge on any atom is -0.481 e. The molecule has 0 aromatic heterocycles. The lowest BCUT2D eigenvalue weighted by atomic mass is 10.0. The van der Waals surface area contributed by atoms with Gasteiger partial charge in [0.2, 0.25) is 0 Å². The van der Waals surface area contributed by atoms with E-state index in [1.54, 1.807) is 6.08 Å². The maximum Gasteiger partial charge on any atom is 0.307 e. The normalized spacial score (nSPS) is 11.5. The van der Waals surface area contributed by atoms with Crippen LogP contribution in [0.4, 0.5) is 0 Å². The molecule has 0 amide bonds. The molecule has 0 radical (unpaired) electrons. The zero-order valence-corrected chi connectivity index (χ0v) is 10.00. The van der Waals surface area contributed by atoms with Crippen molar-refractivity contribution in [1.29, 1.82) is 0 Å². The van der Waals surface area contributed by atoms with Crippen molar-refractivity contribution in [2.45, 2.75) is 26.2 Å². The van der Waals surface area contributed by atoms with E-state index < -0.39 is 5.97 Å². The summed E-state index contributed by atoms with van der Waals surface area (Å²) < 4.78 is 0. The zero-order chi connectivity index (χ0) is 12.0. The Kier molecular flexibility index (Phi) is 5.06. The number of rotatable bonds is 5. The van der Waals surface area contributed by atoms with Gasteiger partial charge in [-0.3, -0.25) is 4.79 Å². The Morgan fingerprint density at radius 3 is 2.81 bits per heavy atom. The second kappa shape index (κ2) is 6.33. The average molecular weight is 239 g/mol. The summed E-state index contributed by atoms with van der Waals surface area (Å²) in [6.07, 6.45) is 3.67. The second-order valence-electron chi connectivity index (χ2n) is 3.59. The quantitative estimate of drug-likeness (QED) is 0.842. The molecule has 0 heterocycles. The van der Waals surface area contributed by atoms with Gasteiger partial charge in [0, 0.05) is 5.02 Å². The van der Waals surface area contributed by atoms with Gasteiger partial charge in [-0.1, -0.05) is 43.2 Å². The van der Waals surface area contributed by atoms with Crippen molar-refractivity contribution in [3.63, 3.8) is 0 Å². The number of aliphatic carboxylic acids is 1. The van der Waals surface area contributed by atoms with Gasteiger partial charge in [0.05, 0.1) is 6.42 Å². The van der Waals surface area contributed by atoms with Crippen molar-refractivity contribution in [3.05, 3.63) is 40.9 Å². The molecule has 86 valence electrons. The van der Waals surface area contributed by atoms with Crippen LogP contribution in [0.2, 0.25) is 5.02 Å². The fraction of sp³-hybridized carbons (Fsp3) is 0.308. The van der Waals surface area contributed by atoms with Crippen LogP contribution in [0.1, 0.15) is 31.7 Å². The van der Waals surface area contributed by atoms with Crippen LogP contribution in [0.25, 0.3) is 5.57 Å². The van der Waals surface area contributed by atoms with E-state index in [0.29, 0.717) is 5.02 Å². The molecular weight excluding hydrogens is 224 g/mol. The van der Waals surface area contributed by atoms with Crippen LogP contribution in [0, 0.1) is 0 Å². The van der Waals surface area contributed by atoms with E-state index in [0.717, 1.165) is 24.0 Å². The molecule has 0 saturated carbocycles. The molecule has 1 aromatic carbocycles. The number of hydrogen-bond acceptors (Lipinski definition) is 1. The standard InChI is InChI=1S/C13H15ClO2/c1-2-4-10(7-8-13(15)16)11-5-3-6-12(14)9-11/h3,5-7,9H,2,4,8H2,1H3,(H,15,16)/b10-7+. The van der Waals surface area contributed by atoms with Crippen LogP contribution in [-0.2, 0) is 4.79 Å². The van der Waals surface area contributed by atoms with Crippen molar-refractivity contribution in [2.75, 3.05) is 0 Å². The van der Waals surface area contributed by atoms with Gasteiger partial charge in [-0.05, 0) is 29.7 Å². The fourth-order valence-corrected chi connectivity index (χ4v) is 1.72. The van der Waals surface area contributed by atoms with E-state index in [4.69, 9.17) is 16.7 Å². The van der Waals surface area contributed by atoms with Crippen molar-refractivity contribution >= 4 is 23.1 Å². The number of carboxylic acid groups (broad SMARTS) is 1. The van der Waals surface area contributed by atoms with Gasteiger partial charge in [0.25, 0.3) is 0 Å². The highest BCUT2D eigenvalue weighted by atomic mass is 35.5. The predicted molar refractivity (Wildman–Crippen MR) is 66.6 cm³/mol. The van der Waals surface area contributed by atoms with Crippen LogP contribution >= 0.6 is 11.6 Å². The number of hydrogen-bond donors (Lipinski definition) is 1. The molecular formula is C13H15ClO2. The number of allylic oxidation sites excluding steroid dienone is 1. The first kappa shape index (κ1) is 12.8. The molecule has 0 atom stereocenters. The monoisotopic (exact) mass is 238 g/mol. The summed E-state index contributed by atoms with van der Waals surface area (Å²) in [5.41, 5.74) is 2.06. The minimum atomic E-state index is -0.810. The summed E-state index contributed by atoms with van der Waals surface area (Å²) in [4.78, 5) is 10.5. The molecule has 1 aromatic rings. The van der Waals surface area contributed by atoms with Crippen LogP contribution in [0.3, 0.4) is 0 Å². The molecule has 1 N–H and O–H groups in total. The Bertz CT molecular complexity index is 397. The second-order valence-corrected chi connectivity index (χ2v) is 4.02. The molecule has 0 aliphatic heterocycles. The first-order valence-corrected chi connectivity index (χ1v) is 5.68. The summed E-state index contributed by atoms with van der Waals surface area (Å²) in [5.74, 6) is -0.810. The van der Waals surface area contributed by atoms with E-state index in [-0.39, 0.29) is 6.42 Å². The van der Waals surface area contributed by atoms with Gasteiger partial charge in [0.15, 0.2) is 0 Å². The topological polar surface area (TPSA) is 37.3 Å². The first-order valence-electron chi connectivity index (χ1n) is 5.30. The highest BCUT2D eigenvalue weighted by Crippen LogP contribution is 2.23. The molecule has 0 aliphatic rings. The lowest BCUT2D eigenvalue weighted by Crippen LogP contribution is -1.93. The molecule has 0 aliphatic carbocycles.